The number of hydrogen-bond donors (Lipinski definition) is 1. The van der Waals surface area contributed by atoms with Crippen LogP contribution in [0.15, 0.2) is 0 Å². The maximum absolute atomic E-state index is 12.2. The Balaban J connectivity index is 1.52. The summed E-state index contributed by atoms with van der Waals surface area (Å²) in [6.07, 6.45) is 7.46. The van der Waals surface area contributed by atoms with Gasteiger partial charge in [-0.2, -0.15) is 0 Å². The molecule has 3 atom stereocenters. The number of carbonyl (C=O) groups is 1. The molecule has 0 aromatic carbocycles. The second-order valence-corrected chi connectivity index (χ2v) is 6.17. The number of hydrogen-bond acceptors (Lipinski definition) is 2. The molecule has 3 aliphatic rings. The van der Waals surface area contributed by atoms with Gasteiger partial charge in [0.05, 0.1) is 0 Å². The number of amides is 1. The fraction of sp³-hybridized carbons (Fsp3) is 0.929. The van der Waals surface area contributed by atoms with Crippen molar-refractivity contribution in [2.75, 3.05) is 26.2 Å². The van der Waals surface area contributed by atoms with Crippen LogP contribution in [0.25, 0.3) is 0 Å². The molecule has 3 fully saturated rings. The Morgan fingerprint density at radius 3 is 2.41 bits per heavy atom. The van der Waals surface area contributed by atoms with Crippen LogP contribution in [0.3, 0.4) is 0 Å². The van der Waals surface area contributed by atoms with Crippen LogP contribution in [0, 0.1) is 17.8 Å². The SMILES string of the molecule is O=C(CC1CCNC1)N1CC2CCCCC2C1. The average Bonchev–Trinajstić information content (AvgIpc) is 2.96. The highest BCUT2D eigenvalue weighted by Crippen LogP contribution is 2.36. The van der Waals surface area contributed by atoms with Crippen molar-refractivity contribution in [1.82, 2.24) is 10.2 Å². The third-order valence-electron chi connectivity index (χ3n) is 4.95. The van der Waals surface area contributed by atoms with Crippen LogP contribution in [0.1, 0.15) is 38.5 Å². The Morgan fingerprint density at radius 2 is 1.82 bits per heavy atom. The number of likely N-dealkylation sites (tertiary alicyclic amines) is 1. The first-order valence-electron chi connectivity index (χ1n) is 7.31. The van der Waals surface area contributed by atoms with E-state index in [4.69, 9.17) is 0 Å². The van der Waals surface area contributed by atoms with Gasteiger partial charge >= 0.3 is 0 Å². The molecular weight excluding hydrogens is 212 g/mol. The predicted octanol–water partition coefficient (Wildman–Crippen LogP) is 1.63. The monoisotopic (exact) mass is 236 g/mol. The van der Waals surface area contributed by atoms with Crippen molar-refractivity contribution in [3.05, 3.63) is 0 Å². The van der Waals surface area contributed by atoms with Crippen molar-refractivity contribution in [2.45, 2.75) is 38.5 Å². The molecule has 1 N–H and O–H groups in total. The van der Waals surface area contributed by atoms with Gasteiger partial charge in [0.25, 0.3) is 0 Å². The minimum atomic E-state index is 0.424. The lowest BCUT2D eigenvalue weighted by molar-refractivity contribution is -0.131. The van der Waals surface area contributed by atoms with E-state index in [0.29, 0.717) is 11.8 Å². The molecule has 0 radical (unpaired) electrons. The van der Waals surface area contributed by atoms with E-state index in [9.17, 15) is 4.79 Å². The van der Waals surface area contributed by atoms with Crippen LogP contribution >= 0.6 is 0 Å². The molecule has 96 valence electrons. The summed E-state index contributed by atoms with van der Waals surface area (Å²) >= 11 is 0. The van der Waals surface area contributed by atoms with Crippen molar-refractivity contribution >= 4 is 5.91 Å². The molecule has 2 aliphatic heterocycles. The highest BCUT2D eigenvalue weighted by molar-refractivity contribution is 5.76. The van der Waals surface area contributed by atoms with Gasteiger partial charge in [-0.1, -0.05) is 12.8 Å². The number of rotatable bonds is 2. The van der Waals surface area contributed by atoms with Gasteiger partial charge in [-0.3, -0.25) is 4.79 Å². The second-order valence-electron chi connectivity index (χ2n) is 6.17. The molecule has 1 aliphatic carbocycles. The summed E-state index contributed by atoms with van der Waals surface area (Å²) in [5.74, 6) is 2.68. The molecule has 3 nitrogen and oxygen atoms in total. The Morgan fingerprint density at radius 1 is 1.12 bits per heavy atom. The zero-order valence-electron chi connectivity index (χ0n) is 10.7. The highest BCUT2D eigenvalue weighted by Gasteiger charge is 2.36. The van der Waals surface area contributed by atoms with Crippen molar-refractivity contribution in [3.8, 4) is 0 Å². The van der Waals surface area contributed by atoms with E-state index in [-0.39, 0.29) is 0 Å². The van der Waals surface area contributed by atoms with E-state index >= 15 is 0 Å². The Hall–Kier alpha value is -0.570. The van der Waals surface area contributed by atoms with E-state index < -0.39 is 0 Å². The molecule has 1 amide bonds. The molecule has 0 bridgehead atoms. The van der Waals surface area contributed by atoms with Crippen LogP contribution in [-0.4, -0.2) is 37.0 Å². The predicted molar refractivity (Wildman–Crippen MR) is 67.6 cm³/mol. The maximum atomic E-state index is 12.2. The van der Waals surface area contributed by atoms with E-state index in [1.807, 2.05) is 0 Å². The first-order chi connectivity index (χ1) is 8.33. The van der Waals surface area contributed by atoms with E-state index in [0.717, 1.165) is 44.4 Å². The fourth-order valence-electron chi connectivity index (χ4n) is 3.87. The molecule has 3 heteroatoms. The third-order valence-corrected chi connectivity index (χ3v) is 4.95. The number of nitrogens with one attached hydrogen (secondary N) is 1. The van der Waals surface area contributed by atoms with Gasteiger partial charge < -0.3 is 10.2 Å². The Kier molecular flexibility index (Phi) is 3.37. The van der Waals surface area contributed by atoms with Crippen molar-refractivity contribution in [2.24, 2.45) is 17.8 Å². The first kappa shape index (κ1) is 11.5. The summed E-state index contributed by atoms with van der Waals surface area (Å²) in [6.45, 7) is 4.27. The third kappa shape index (κ3) is 2.49. The van der Waals surface area contributed by atoms with Crippen molar-refractivity contribution < 1.29 is 4.79 Å². The number of carbonyl (C=O) groups excluding carboxylic acids is 1. The fourth-order valence-corrected chi connectivity index (χ4v) is 3.87. The second kappa shape index (κ2) is 4.97. The van der Waals surface area contributed by atoms with Crippen molar-refractivity contribution in [1.29, 1.82) is 0 Å². The van der Waals surface area contributed by atoms with E-state index in [2.05, 4.69) is 10.2 Å². The molecule has 3 unspecified atom stereocenters. The average molecular weight is 236 g/mol. The highest BCUT2D eigenvalue weighted by atomic mass is 16.2. The van der Waals surface area contributed by atoms with Gasteiger partial charge in [0.1, 0.15) is 0 Å². The molecule has 0 spiro atoms. The molecule has 3 rings (SSSR count). The Labute approximate surface area is 104 Å². The lowest BCUT2D eigenvalue weighted by Crippen LogP contribution is -2.31. The van der Waals surface area contributed by atoms with Crippen LogP contribution in [0.2, 0.25) is 0 Å². The number of nitrogens with zero attached hydrogens (tertiary/aromatic N) is 1. The lowest BCUT2D eigenvalue weighted by atomic mass is 9.82. The maximum Gasteiger partial charge on any atom is 0.222 e. The smallest absolute Gasteiger partial charge is 0.222 e. The number of fused-ring (bicyclic) bond motifs is 1. The van der Waals surface area contributed by atoms with E-state index in [1.54, 1.807) is 0 Å². The van der Waals surface area contributed by atoms with Gasteiger partial charge in [0, 0.05) is 19.5 Å². The van der Waals surface area contributed by atoms with Gasteiger partial charge in [0.2, 0.25) is 5.91 Å². The molecule has 1 saturated carbocycles. The Bertz CT molecular complexity index is 272. The van der Waals surface area contributed by atoms with Gasteiger partial charge in [-0.15, -0.1) is 0 Å². The lowest BCUT2D eigenvalue weighted by Gasteiger charge is -2.22. The van der Waals surface area contributed by atoms with Gasteiger partial charge in [-0.25, -0.2) is 0 Å². The topological polar surface area (TPSA) is 32.3 Å². The largest absolute Gasteiger partial charge is 0.342 e. The minimum absolute atomic E-state index is 0.424. The standard InChI is InChI=1S/C14H24N2O/c17-14(7-11-5-6-15-8-11)16-9-12-3-1-2-4-13(12)10-16/h11-13,15H,1-10H2. The summed E-state index contributed by atoms with van der Waals surface area (Å²) in [7, 11) is 0. The summed E-state index contributed by atoms with van der Waals surface area (Å²) < 4.78 is 0. The van der Waals surface area contributed by atoms with Crippen LogP contribution < -0.4 is 5.32 Å². The van der Waals surface area contributed by atoms with Gasteiger partial charge in [-0.05, 0) is 50.1 Å². The van der Waals surface area contributed by atoms with Crippen LogP contribution in [0.4, 0.5) is 0 Å². The molecule has 0 aromatic heterocycles. The summed E-state index contributed by atoms with van der Waals surface area (Å²) in [6, 6.07) is 0. The van der Waals surface area contributed by atoms with E-state index in [1.165, 1.54) is 32.1 Å². The normalized spacial score (nSPS) is 37.2. The minimum Gasteiger partial charge on any atom is -0.342 e. The zero-order chi connectivity index (χ0) is 11.7. The van der Waals surface area contributed by atoms with Gasteiger partial charge in [0.15, 0.2) is 0 Å². The van der Waals surface area contributed by atoms with Crippen LogP contribution in [0.5, 0.6) is 0 Å². The molecule has 2 saturated heterocycles. The molecular formula is C14H24N2O. The summed E-state index contributed by atoms with van der Waals surface area (Å²) in [5.41, 5.74) is 0. The molecule has 17 heavy (non-hydrogen) atoms. The molecule has 0 aromatic rings. The zero-order valence-corrected chi connectivity index (χ0v) is 10.7. The first-order valence-corrected chi connectivity index (χ1v) is 7.31. The van der Waals surface area contributed by atoms with Crippen LogP contribution in [-0.2, 0) is 4.79 Å². The summed E-state index contributed by atoms with van der Waals surface area (Å²) in [5, 5.41) is 3.35. The summed E-state index contributed by atoms with van der Waals surface area (Å²) in [4.78, 5) is 14.4. The quantitative estimate of drug-likeness (QED) is 0.790. The van der Waals surface area contributed by atoms with Crippen molar-refractivity contribution in [3.63, 3.8) is 0 Å². The molecule has 2 heterocycles.